The highest BCUT2D eigenvalue weighted by Gasteiger charge is 2.34. The Kier molecular flexibility index (Phi) is 3.73. The van der Waals surface area contributed by atoms with Crippen LogP contribution in [-0.4, -0.2) is 36.5 Å². The van der Waals surface area contributed by atoms with Crippen LogP contribution in [0.3, 0.4) is 0 Å². The summed E-state index contributed by atoms with van der Waals surface area (Å²) in [5.74, 6) is 0.702. The van der Waals surface area contributed by atoms with Crippen molar-refractivity contribution >= 4 is 33.2 Å². The molecule has 1 aromatic heterocycles. The second-order valence-electron chi connectivity index (χ2n) is 5.19. The third kappa shape index (κ3) is 2.95. The number of hydrogen-bond donors (Lipinski definition) is 1. The molecule has 2 aliphatic rings. The zero-order chi connectivity index (χ0) is 12.5. The van der Waals surface area contributed by atoms with Crippen molar-refractivity contribution in [3.63, 3.8) is 0 Å². The van der Waals surface area contributed by atoms with Gasteiger partial charge in [0.05, 0.1) is 8.66 Å². The van der Waals surface area contributed by atoms with Crippen LogP contribution in [0.1, 0.15) is 28.9 Å². The summed E-state index contributed by atoms with van der Waals surface area (Å²) in [4.78, 5) is 15.3. The lowest BCUT2D eigenvalue weighted by atomic mass is 10.1. The van der Waals surface area contributed by atoms with Crippen molar-refractivity contribution in [2.24, 2.45) is 5.92 Å². The van der Waals surface area contributed by atoms with Crippen LogP contribution in [0.15, 0.2) is 15.9 Å². The summed E-state index contributed by atoms with van der Waals surface area (Å²) in [6.45, 7) is 3.20. The number of rotatable bonds is 4. The van der Waals surface area contributed by atoms with E-state index in [0.717, 1.165) is 21.3 Å². The number of carbonyl (C=O) groups excluding carboxylic acids is 1. The molecule has 0 bridgehead atoms. The van der Waals surface area contributed by atoms with Gasteiger partial charge in [0.25, 0.3) is 5.91 Å². The standard InChI is InChI=1S/C13H17BrN2OS/c14-12-4-3-11(18-12)13(17)15-7-9-5-6-16(8-9)10-1-2-10/h3-4,9-10H,1-2,5-8H2,(H,15,17). The van der Waals surface area contributed by atoms with E-state index in [1.165, 1.54) is 43.7 Å². The summed E-state index contributed by atoms with van der Waals surface area (Å²) < 4.78 is 1.01. The Hall–Kier alpha value is -0.390. The molecule has 1 atom stereocenters. The maximum atomic E-state index is 11.9. The van der Waals surface area contributed by atoms with Gasteiger partial charge in [-0.25, -0.2) is 0 Å². The Bertz CT molecular complexity index is 444. The molecule has 98 valence electrons. The Morgan fingerprint density at radius 3 is 2.94 bits per heavy atom. The molecule has 18 heavy (non-hydrogen) atoms. The number of nitrogens with one attached hydrogen (secondary N) is 1. The maximum Gasteiger partial charge on any atom is 0.261 e. The van der Waals surface area contributed by atoms with Gasteiger partial charge in [0, 0.05) is 19.1 Å². The predicted octanol–water partition coefficient (Wildman–Crippen LogP) is 2.72. The molecule has 0 radical (unpaired) electrons. The van der Waals surface area contributed by atoms with Crippen molar-refractivity contribution in [3.8, 4) is 0 Å². The Labute approximate surface area is 120 Å². The predicted molar refractivity (Wildman–Crippen MR) is 77.1 cm³/mol. The summed E-state index contributed by atoms with van der Waals surface area (Å²) >= 11 is 4.87. The molecule has 3 rings (SSSR count). The molecule has 1 aliphatic heterocycles. The number of amides is 1. The first-order chi connectivity index (χ1) is 8.72. The Morgan fingerprint density at radius 2 is 2.28 bits per heavy atom. The van der Waals surface area contributed by atoms with Crippen molar-refractivity contribution in [1.82, 2.24) is 10.2 Å². The molecule has 3 nitrogen and oxygen atoms in total. The van der Waals surface area contributed by atoms with E-state index in [0.29, 0.717) is 5.92 Å². The van der Waals surface area contributed by atoms with Gasteiger partial charge in [-0.3, -0.25) is 4.79 Å². The van der Waals surface area contributed by atoms with E-state index in [1.54, 1.807) is 0 Å². The molecule has 0 aromatic carbocycles. The molecule has 5 heteroatoms. The number of thiophene rings is 1. The summed E-state index contributed by atoms with van der Waals surface area (Å²) in [6.07, 6.45) is 3.98. The van der Waals surface area contributed by atoms with Crippen molar-refractivity contribution in [2.75, 3.05) is 19.6 Å². The van der Waals surface area contributed by atoms with E-state index < -0.39 is 0 Å². The fourth-order valence-corrected chi connectivity index (χ4v) is 3.86. The molecule has 1 saturated carbocycles. The first kappa shape index (κ1) is 12.6. The minimum Gasteiger partial charge on any atom is -0.351 e. The van der Waals surface area contributed by atoms with Crippen LogP contribution in [0.25, 0.3) is 0 Å². The topological polar surface area (TPSA) is 32.3 Å². The summed E-state index contributed by atoms with van der Waals surface area (Å²) in [5, 5.41) is 3.06. The van der Waals surface area contributed by atoms with Crippen LogP contribution in [0.2, 0.25) is 0 Å². The van der Waals surface area contributed by atoms with E-state index >= 15 is 0 Å². The molecule has 1 aromatic rings. The Morgan fingerprint density at radius 1 is 1.44 bits per heavy atom. The molecule has 1 N–H and O–H groups in total. The first-order valence-electron chi connectivity index (χ1n) is 6.50. The second-order valence-corrected chi connectivity index (χ2v) is 7.66. The summed E-state index contributed by atoms with van der Waals surface area (Å²) in [7, 11) is 0. The summed E-state index contributed by atoms with van der Waals surface area (Å²) in [6, 6.07) is 4.65. The lowest BCUT2D eigenvalue weighted by Crippen LogP contribution is -2.31. The molecular formula is C13H17BrN2OS. The minimum atomic E-state index is 0.0653. The third-order valence-corrected chi connectivity index (χ3v) is 5.35. The molecule has 1 aliphatic carbocycles. The van der Waals surface area contributed by atoms with Gasteiger partial charge in [-0.15, -0.1) is 11.3 Å². The van der Waals surface area contributed by atoms with Crippen LogP contribution in [-0.2, 0) is 0 Å². The molecule has 1 amide bonds. The maximum absolute atomic E-state index is 11.9. The highest BCUT2D eigenvalue weighted by Crippen LogP contribution is 2.31. The van der Waals surface area contributed by atoms with Crippen LogP contribution in [0, 0.1) is 5.92 Å². The van der Waals surface area contributed by atoms with E-state index in [9.17, 15) is 4.79 Å². The lowest BCUT2D eigenvalue weighted by Gasteiger charge is -2.14. The zero-order valence-electron chi connectivity index (χ0n) is 10.2. The molecule has 2 fully saturated rings. The number of likely N-dealkylation sites (tertiary alicyclic amines) is 1. The average molecular weight is 329 g/mol. The van der Waals surface area contributed by atoms with Gasteiger partial charge in [0.15, 0.2) is 0 Å². The van der Waals surface area contributed by atoms with Gasteiger partial charge < -0.3 is 10.2 Å². The van der Waals surface area contributed by atoms with Crippen molar-refractivity contribution in [2.45, 2.75) is 25.3 Å². The van der Waals surface area contributed by atoms with E-state index in [1.807, 2.05) is 12.1 Å². The molecular weight excluding hydrogens is 312 g/mol. The second kappa shape index (κ2) is 5.31. The zero-order valence-corrected chi connectivity index (χ0v) is 12.6. The smallest absolute Gasteiger partial charge is 0.261 e. The molecule has 1 unspecified atom stereocenters. The monoisotopic (exact) mass is 328 g/mol. The molecule has 2 heterocycles. The average Bonchev–Trinajstić information content (AvgIpc) is 2.95. The number of carbonyl (C=O) groups is 1. The molecule has 1 saturated heterocycles. The van der Waals surface area contributed by atoms with Crippen molar-refractivity contribution in [3.05, 3.63) is 20.8 Å². The van der Waals surface area contributed by atoms with Crippen LogP contribution < -0.4 is 5.32 Å². The van der Waals surface area contributed by atoms with E-state index in [2.05, 4.69) is 26.1 Å². The minimum absolute atomic E-state index is 0.0653. The van der Waals surface area contributed by atoms with Crippen molar-refractivity contribution in [1.29, 1.82) is 0 Å². The fourth-order valence-electron chi connectivity index (χ4n) is 2.56. The Balaban J connectivity index is 1.45. The number of nitrogens with zero attached hydrogens (tertiary/aromatic N) is 1. The third-order valence-electron chi connectivity index (χ3n) is 3.73. The van der Waals surface area contributed by atoms with Crippen molar-refractivity contribution < 1.29 is 4.79 Å². The highest BCUT2D eigenvalue weighted by molar-refractivity contribution is 9.11. The quantitative estimate of drug-likeness (QED) is 0.921. The van der Waals surface area contributed by atoms with Gasteiger partial charge in [-0.2, -0.15) is 0 Å². The van der Waals surface area contributed by atoms with Gasteiger partial charge >= 0.3 is 0 Å². The molecule has 0 spiro atoms. The number of hydrogen-bond acceptors (Lipinski definition) is 3. The van der Waals surface area contributed by atoms with Crippen LogP contribution in [0.4, 0.5) is 0 Å². The van der Waals surface area contributed by atoms with Gasteiger partial charge in [-0.1, -0.05) is 0 Å². The van der Waals surface area contributed by atoms with Gasteiger partial charge in [0.1, 0.15) is 0 Å². The van der Waals surface area contributed by atoms with E-state index in [-0.39, 0.29) is 5.91 Å². The number of halogens is 1. The fraction of sp³-hybridized carbons (Fsp3) is 0.615. The normalized spacial score (nSPS) is 24.4. The van der Waals surface area contributed by atoms with Crippen LogP contribution >= 0.6 is 27.3 Å². The largest absolute Gasteiger partial charge is 0.351 e. The van der Waals surface area contributed by atoms with Crippen LogP contribution in [0.5, 0.6) is 0 Å². The van der Waals surface area contributed by atoms with Gasteiger partial charge in [0.2, 0.25) is 0 Å². The first-order valence-corrected chi connectivity index (χ1v) is 8.11. The van der Waals surface area contributed by atoms with Gasteiger partial charge in [-0.05, 0) is 59.8 Å². The summed E-state index contributed by atoms with van der Waals surface area (Å²) in [5.41, 5.74) is 0. The van der Waals surface area contributed by atoms with E-state index in [4.69, 9.17) is 0 Å². The SMILES string of the molecule is O=C(NCC1CCN(C2CC2)C1)c1ccc(Br)s1. The lowest BCUT2D eigenvalue weighted by molar-refractivity contribution is 0.0951. The highest BCUT2D eigenvalue weighted by atomic mass is 79.9.